The van der Waals surface area contributed by atoms with E-state index < -0.39 is 5.38 Å². The van der Waals surface area contributed by atoms with E-state index in [-0.39, 0.29) is 5.78 Å². The van der Waals surface area contributed by atoms with Crippen LogP contribution < -0.4 is 0 Å². The second-order valence-corrected chi connectivity index (χ2v) is 4.13. The molecule has 1 aromatic rings. The Labute approximate surface area is 94.9 Å². The molecule has 0 radical (unpaired) electrons. The fourth-order valence-electron chi connectivity index (χ4n) is 1.27. The Morgan fingerprint density at radius 1 is 1.57 bits per heavy atom. The van der Waals surface area contributed by atoms with E-state index in [1.54, 1.807) is 0 Å². The van der Waals surface area contributed by atoms with Gasteiger partial charge in [0, 0.05) is 4.90 Å². The number of carbonyl (C=O) groups is 1. The van der Waals surface area contributed by atoms with Crippen LogP contribution in [0, 0.1) is 0 Å². The minimum Gasteiger partial charge on any atom is -0.298 e. The molecule has 0 aliphatic carbocycles. The molecule has 1 unspecified atom stereocenters. The second-order valence-electron chi connectivity index (χ2n) is 3.21. The summed E-state index contributed by atoms with van der Waals surface area (Å²) in [4.78, 5) is 12.0. The first-order valence-electron chi connectivity index (χ1n) is 4.52. The van der Waals surface area contributed by atoms with Gasteiger partial charge in [0.1, 0.15) is 5.38 Å². The van der Waals surface area contributed by atoms with Gasteiger partial charge in [0.2, 0.25) is 0 Å². The van der Waals surface area contributed by atoms with Crippen molar-refractivity contribution < 1.29 is 4.79 Å². The third kappa shape index (κ3) is 2.52. The summed E-state index contributed by atoms with van der Waals surface area (Å²) in [5, 5.41) is -0.549. The van der Waals surface area contributed by atoms with E-state index in [4.69, 9.17) is 11.6 Å². The molecular formula is C11H13ClOS. The number of alkyl halides is 1. The lowest BCUT2D eigenvalue weighted by atomic mass is 10.1. The average molecular weight is 229 g/mol. The van der Waals surface area contributed by atoms with Gasteiger partial charge in [0.15, 0.2) is 5.78 Å². The summed E-state index contributed by atoms with van der Waals surface area (Å²) in [6.07, 6.45) is 0.937. The third-order valence-corrected chi connectivity index (χ3v) is 3.12. The van der Waals surface area contributed by atoms with Crippen molar-refractivity contribution in [1.29, 1.82) is 0 Å². The number of hydrogen-bond donors (Lipinski definition) is 1. The molecule has 0 saturated carbocycles. The maximum Gasteiger partial charge on any atom is 0.152 e. The number of carbonyl (C=O) groups excluding carboxylic acids is 1. The quantitative estimate of drug-likeness (QED) is 0.620. The zero-order valence-corrected chi connectivity index (χ0v) is 9.90. The number of Topliss-reactive ketones (excluding diaryl/α,β-unsaturated/α-hetero) is 1. The van der Waals surface area contributed by atoms with Crippen LogP contribution in [-0.2, 0) is 11.2 Å². The topological polar surface area (TPSA) is 17.1 Å². The molecule has 0 N–H and O–H groups in total. The predicted molar refractivity (Wildman–Crippen MR) is 62.3 cm³/mol. The van der Waals surface area contributed by atoms with Gasteiger partial charge < -0.3 is 0 Å². The van der Waals surface area contributed by atoms with Crippen LogP contribution in [0.5, 0.6) is 0 Å². The van der Waals surface area contributed by atoms with Crippen molar-refractivity contribution >= 4 is 30.0 Å². The van der Waals surface area contributed by atoms with E-state index in [2.05, 4.69) is 19.6 Å². The van der Waals surface area contributed by atoms with Crippen molar-refractivity contribution in [3.63, 3.8) is 0 Å². The monoisotopic (exact) mass is 228 g/mol. The first kappa shape index (κ1) is 11.6. The van der Waals surface area contributed by atoms with Gasteiger partial charge in [-0.25, -0.2) is 0 Å². The molecule has 1 aromatic carbocycles. The highest BCUT2D eigenvalue weighted by Gasteiger charge is 2.13. The highest BCUT2D eigenvalue weighted by atomic mass is 35.5. The van der Waals surface area contributed by atoms with E-state index in [0.29, 0.717) is 0 Å². The van der Waals surface area contributed by atoms with E-state index in [1.165, 1.54) is 12.5 Å². The Balaban J connectivity index is 3.02. The van der Waals surface area contributed by atoms with Gasteiger partial charge >= 0.3 is 0 Å². The average Bonchev–Trinajstić information content (AvgIpc) is 2.16. The van der Waals surface area contributed by atoms with E-state index >= 15 is 0 Å². The maximum absolute atomic E-state index is 11.1. The lowest BCUT2D eigenvalue weighted by Gasteiger charge is -2.08. The normalized spacial score (nSPS) is 12.6. The largest absolute Gasteiger partial charge is 0.298 e. The van der Waals surface area contributed by atoms with E-state index in [9.17, 15) is 4.79 Å². The van der Waals surface area contributed by atoms with Crippen molar-refractivity contribution in [3.05, 3.63) is 29.3 Å². The SMILES string of the molecule is CCc1ccc(C(Cl)C(C)=O)cc1S. The molecule has 0 bridgehead atoms. The van der Waals surface area contributed by atoms with Gasteiger partial charge in [-0.05, 0) is 30.5 Å². The van der Waals surface area contributed by atoms with Gasteiger partial charge in [-0.1, -0.05) is 19.1 Å². The standard InChI is InChI=1S/C11H13ClOS/c1-3-8-4-5-9(6-10(8)14)11(12)7(2)13/h4-6,11,14H,3H2,1-2H3. The van der Waals surface area contributed by atoms with Crippen LogP contribution in [0.25, 0.3) is 0 Å². The molecule has 0 aromatic heterocycles. The number of aryl methyl sites for hydroxylation is 1. The molecule has 0 fully saturated rings. The lowest BCUT2D eigenvalue weighted by molar-refractivity contribution is -0.116. The number of rotatable bonds is 3. The van der Waals surface area contributed by atoms with Gasteiger partial charge in [0.05, 0.1) is 0 Å². The number of ketones is 1. The van der Waals surface area contributed by atoms with Crippen LogP contribution in [0.2, 0.25) is 0 Å². The minimum atomic E-state index is -0.549. The summed E-state index contributed by atoms with van der Waals surface area (Å²) in [5.74, 6) is -0.0383. The fraction of sp³-hybridized carbons (Fsp3) is 0.364. The number of hydrogen-bond acceptors (Lipinski definition) is 2. The second kappa shape index (κ2) is 4.85. The molecular weight excluding hydrogens is 216 g/mol. The zero-order chi connectivity index (χ0) is 10.7. The molecule has 1 nitrogen and oxygen atoms in total. The number of thiol groups is 1. The lowest BCUT2D eigenvalue weighted by Crippen LogP contribution is -2.01. The Morgan fingerprint density at radius 3 is 2.64 bits per heavy atom. The molecule has 0 aliphatic heterocycles. The van der Waals surface area contributed by atoms with Crippen LogP contribution >= 0.6 is 24.2 Å². The highest BCUT2D eigenvalue weighted by molar-refractivity contribution is 7.80. The van der Waals surface area contributed by atoms with Gasteiger partial charge in [-0.3, -0.25) is 4.79 Å². The van der Waals surface area contributed by atoms with Crippen molar-refractivity contribution in [3.8, 4) is 0 Å². The zero-order valence-electron chi connectivity index (χ0n) is 8.25. The first-order chi connectivity index (χ1) is 6.56. The molecule has 0 saturated heterocycles. The number of halogens is 1. The summed E-state index contributed by atoms with van der Waals surface area (Å²) >= 11 is 10.3. The third-order valence-electron chi connectivity index (χ3n) is 2.14. The molecule has 1 atom stereocenters. The molecule has 0 aliphatic rings. The van der Waals surface area contributed by atoms with Crippen LogP contribution in [0.4, 0.5) is 0 Å². The molecule has 14 heavy (non-hydrogen) atoms. The molecule has 0 amide bonds. The summed E-state index contributed by atoms with van der Waals surface area (Å²) < 4.78 is 0. The van der Waals surface area contributed by atoms with Gasteiger partial charge in [-0.15, -0.1) is 24.2 Å². The van der Waals surface area contributed by atoms with Crippen LogP contribution in [-0.4, -0.2) is 5.78 Å². The smallest absolute Gasteiger partial charge is 0.152 e. The molecule has 3 heteroatoms. The molecule has 1 rings (SSSR count). The number of benzene rings is 1. The van der Waals surface area contributed by atoms with Crippen LogP contribution in [0.1, 0.15) is 30.4 Å². The maximum atomic E-state index is 11.1. The van der Waals surface area contributed by atoms with Gasteiger partial charge in [0.25, 0.3) is 0 Å². The predicted octanol–water partition coefficient (Wildman–Crippen LogP) is 3.41. The van der Waals surface area contributed by atoms with E-state index in [0.717, 1.165) is 16.9 Å². The van der Waals surface area contributed by atoms with Crippen molar-refractivity contribution in [1.82, 2.24) is 0 Å². The summed E-state index contributed by atoms with van der Waals surface area (Å²) in [6.45, 7) is 3.56. The van der Waals surface area contributed by atoms with Gasteiger partial charge in [-0.2, -0.15) is 0 Å². The first-order valence-corrected chi connectivity index (χ1v) is 5.41. The van der Waals surface area contributed by atoms with Crippen molar-refractivity contribution in [2.45, 2.75) is 30.5 Å². The molecule has 76 valence electrons. The highest BCUT2D eigenvalue weighted by Crippen LogP contribution is 2.25. The van der Waals surface area contributed by atoms with Crippen molar-refractivity contribution in [2.24, 2.45) is 0 Å². The minimum absolute atomic E-state index is 0.0383. The Hall–Kier alpha value is -0.470. The van der Waals surface area contributed by atoms with Crippen LogP contribution in [0.3, 0.4) is 0 Å². The molecule has 0 spiro atoms. The fourth-order valence-corrected chi connectivity index (χ4v) is 1.79. The Morgan fingerprint density at radius 2 is 2.21 bits per heavy atom. The Kier molecular flexibility index (Phi) is 4.02. The van der Waals surface area contributed by atoms with Crippen LogP contribution in [0.15, 0.2) is 23.1 Å². The summed E-state index contributed by atoms with van der Waals surface area (Å²) in [5.41, 5.74) is 1.99. The molecule has 0 heterocycles. The van der Waals surface area contributed by atoms with Crippen molar-refractivity contribution in [2.75, 3.05) is 0 Å². The van der Waals surface area contributed by atoms with E-state index in [1.807, 2.05) is 18.2 Å². The summed E-state index contributed by atoms with van der Waals surface area (Å²) in [7, 11) is 0. The Bertz CT molecular complexity index is 349. The summed E-state index contributed by atoms with van der Waals surface area (Å²) in [6, 6.07) is 5.72.